The summed E-state index contributed by atoms with van der Waals surface area (Å²) in [6, 6.07) is 4.42. The normalized spacial score (nSPS) is 12.4. The molecule has 0 radical (unpaired) electrons. The van der Waals surface area contributed by atoms with Gasteiger partial charge in [0, 0.05) is 22.8 Å². The highest BCUT2D eigenvalue weighted by atomic mass is 32.2. The number of hydrogen-bond acceptors (Lipinski definition) is 9. The van der Waals surface area contributed by atoms with Gasteiger partial charge in [-0.25, -0.2) is 24.3 Å². The Hall–Kier alpha value is -4.04. The van der Waals surface area contributed by atoms with Crippen molar-refractivity contribution >= 4 is 44.9 Å². The minimum atomic E-state index is -2.77. The smallest absolute Gasteiger partial charge is 0.343 e. The lowest BCUT2D eigenvalue weighted by molar-refractivity contribution is 0.0740. The van der Waals surface area contributed by atoms with E-state index in [0.29, 0.717) is 10.1 Å². The van der Waals surface area contributed by atoms with Crippen molar-refractivity contribution in [3.63, 3.8) is 0 Å². The molecule has 1 atom stereocenters. The molecule has 1 aromatic carbocycles. The topological polar surface area (TPSA) is 127 Å². The molecule has 0 aliphatic carbocycles. The van der Waals surface area contributed by atoms with Gasteiger partial charge in [0.05, 0.1) is 18.1 Å². The van der Waals surface area contributed by atoms with Gasteiger partial charge in [0.15, 0.2) is 17.3 Å². The first-order chi connectivity index (χ1) is 16.8. The maximum absolute atomic E-state index is 15.2. The van der Waals surface area contributed by atoms with Crippen LogP contribution in [0.1, 0.15) is 12.1 Å². The van der Waals surface area contributed by atoms with Crippen LogP contribution in [0, 0.1) is 12.7 Å². The minimum Gasteiger partial charge on any atom is -0.609 e. The number of rotatable bonds is 6. The number of benzene rings is 1. The fraction of sp³-hybridized carbons (Fsp3) is 0.143. The highest BCUT2D eigenvalue weighted by Gasteiger charge is 2.18. The molecule has 0 aliphatic heterocycles. The first-order valence-electron chi connectivity index (χ1n) is 9.97. The van der Waals surface area contributed by atoms with E-state index in [1.807, 2.05) is 0 Å². The highest BCUT2D eigenvalue weighted by Crippen LogP contribution is 2.33. The van der Waals surface area contributed by atoms with Gasteiger partial charge in [0.1, 0.15) is 47.0 Å². The number of nitrogens with one attached hydrogen (secondary N) is 1. The van der Waals surface area contributed by atoms with Gasteiger partial charge in [0.2, 0.25) is 0 Å². The van der Waals surface area contributed by atoms with E-state index in [4.69, 9.17) is 4.74 Å². The third kappa shape index (κ3) is 4.28. The highest BCUT2D eigenvalue weighted by molar-refractivity contribution is 7.90. The van der Waals surface area contributed by atoms with Crippen LogP contribution >= 0.6 is 0 Å². The number of fused-ring (bicyclic) bond motifs is 2. The second kappa shape index (κ2) is 8.96. The van der Waals surface area contributed by atoms with Gasteiger partial charge in [0.25, 0.3) is 0 Å². The Morgan fingerprint density at radius 3 is 2.69 bits per heavy atom. The van der Waals surface area contributed by atoms with Crippen LogP contribution in [0.3, 0.4) is 0 Å². The molecule has 35 heavy (non-hydrogen) atoms. The molecule has 5 rings (SSSR count). The Kier molecular flexibility index (Phi) is 5.82. The summed E-state index contributed by atoms with van der Waals surface area (Å²) in [5.74, 6) is -0.00111. The lowest BCUT2D eigenvalue weighted by Crippen LogP contribution is -2.06. The molecule has 0 saturated carbocycles. The standard InChI is InChI=1S/C21H15F3N8O2S/c1-10-15(34-11-5-13-19(25-6-11)32(9-29-13)20(23)24)4-3-12(16(10)22)30-18-17-14(27-8-28-18)7-26-21(31-17)35(2)33/h3-9,20H,1-2H3,(H,27,28,30). The van der Waals surface area contributed by atoms with Crippen LogP contribution < -0.4 is 10.1 Å². The van der Waals surface area contributed by atoms with Gasteiger partial charge >= 0.3 is 11.7 Å². The Morgan fingerprint density at radius 1 is 1.09 bits per heavy atom. The van der Waals surface area contributed by atoms with Crippen LogP contribution in [0.2, 0.25) is 0 Å². The predicted molar refractivity (Wildman–Crippen MR) is 121 cm³/mol. The predicted octanol–water partition coefficient (Wildman–Crippen LogP) is 4.28. The van der Waals surface area contributed by atoms with Crippen LogP contribution in [0.5, 0.6) is 11.5 Å². The molecule has 0 amide bonds. The fourth-order valence-corrected chi connectivity index (χ4v) is 3.72. The van der Waals surface area contributed by atoms with E-state index in [9.17, 15) is 13.3 Å². The average molecular weight is 500 g/mol. The van der Waals surface area contributed by atoms with E-state index in [0.717, 1.165) is 6.33 Å². The zero-order chi connectivity index (χ0) is 24.7. The number of alkyl halides is 2. The van der Waals surface area contributed by atoms with E-state index in [2.05, 4.69) is 35.2 Å². The fourth-order valence-electron chi connectivity index (χ4n) is 3.30. The van der Waals surface area contributed by atoms with Gasteiger partial charge in [-0.05, 0) is 19.1 Å². The minimum absolute atomic E-state index is 0.00533. The Bertz CT molecular complexity index is 1560. The van der Waals surface area contributed by atoms with Gasteiger partial charge in [-0.2, -0.15) is 18.7 Å². The molecule has 0 fully saturated rings. The molecule has 0 aliphatic rings. The number of nitrogens with zero attached hydrogens (tertiary/aromatic N) is 7. The number of anilines is 2. The molecule has 4 heterocycles. The summed E-state index contributed by atoms with van der Waals surface area (Å²) in [4.78, 5) is 24.3. The third-order valence-corrected chi connectivity index (χ3v) is 5.74. The first kappa shape index (κ1) is 22.7. The molecule has 0 bridgehead atoms. The maximum atomic E-state index is 15.2. The third-order valence-electron chi connectivity index (χ3n) is 5.03. The van der Waals surface area contributed by atoms with Crippen molar-refractivity contribution in [1.29, 1.82) is 0 Å². The molecule has 10 nitrogen and oxygen atoms in total. The lowest BCUT2D eigenvalue weighted by Gasteiger charge is -2.14. The molecule has 14 heteroatoms. The number of pyridine rings is 1. The van der Waals surface area contributed by atoms with Crippen molar-refractivity contribution in [3.8, 4) is 11.5 Å². The summed E-state index contributed by atoms with van der Waals surface area (Å²) in [5.41, 5.74) is 1.17. The number of imidazole rings is 1. The van der Waals surface area contributed by atoms with Crippen LogP contribution in [-0.2, 0) is 11.2 Å². The number of ether oxygens (including phenoxy) is 1. The van der Waals surface area contributed by atoms with E-state index in [1.54, 1.807) is 0 Å². The van der Waals surface area contributed by atoms with Crippen LogP contribution in [-0.4, -0.2) is 45.3 Å². The van der Waals surface area contributed by atoms with Gasteiger partial charge in [-0.15, -0.1) is 0 Å². The largest absolute Gasteiger partial charge is 0.609 e. The SMILES string of the molecule is Cc1c(Oc2cnc3c(c2)ncn3C(F)F)ccc(Nc2ncnc3cnc([S+](C)[O-])nc23)c1F. The van der Waals surface area contributed by atoms with Crippen molar-refractivity contribution in [2.45, 2.75) is 18.6 Å². The Labute approximate surface area is 198 Å². The lowest BCUT2D eigenvalue weighted by atomic mass is 10.1. The van der Waals surface area contributed by atoms with Crippen molar-refractivity contribution in [1.82, 2.24) is 34.5 Å². The molecule has 1 unspecified atom stereocenters. The van der Waals surface area contributed by atoms with Gasteiger partial charge in [-0.3, -0.25) is 4.57 Å². The Balaban J connectivity index is 1.44. The summed E-state index contributed by atoms with van der Waals surface area (Å²) >= 11 is -1.42. The van der Waals surface area contributed by atoms with Gasteiger partial charge < -0.3 is 14.6 Å². The van der Waals surface area contributed by atoms with E-state index in [1.165, 1.54) is 50.1 Å². The van der Waals surface area contributed by atoms with Crippen LogP contribution in [0.4, 0.5) is 24.7 Å². The molecule has 0 saturated heterocycles. The number of hydrogen-bond donors (Lipinski definition) is 1. The summed E-state index contributed by atoms with van der Waals surface area (Å²) in [5, 5.41) is 2.98. The molecule has 0 spiro atoms. The van der Waals surface area contributed by atoms with Crippen LogP contribution in [0.25, 0.3) is 22.2 Å². The van der Waals surface area contributed by atoms with Crippen molar-refractivity contribution in [2.24, 2.45) is 0 Å². The Morgan fingerprint density at radius 2 is 1.91 bits per heavy atom. The van der Waals surface area contributed by atoms with E-state index in [-0.39, 0.29) is 50.4 Å². The zero-order valence-electron chi connectivity index (χ0n) is 18.1. The number of halogens is 3. The summed E-state index contributed by atoms with van der Waals surface area (Å²) in [6.45, 7) is -1.25. The number of aromatic nitrogens is 7. The second-order valence-corrected chi connectivity index (χ2v) is 8.56. The molecule has 1 N–H and O–H groups in total. The summed E-state index contributed by atoms with van der Waals surface area (Å²) in [7, 11) is 0. The summed E-state index contributed by atoms with van der Waals surface area (Å²) < 4.78 is 59.3. The van der Waals surface area contributed by atoms with E-state index < -0.39 is 23.5 Å². The molecule has 178 valence electrons. The van der Waals surface area contributed by atoms with Crippen molar-refractivity contribution in [2.75, 3.05) is 11.6 Å². The average Bonchev–Trinajstić information content (AvgIpc) is 3.27. The zero-order valence-corrected chi connectivity index (χ0v) is 18.9. The van der Waals surface area contributed by atoms with Crippen LogP contribution in [0.15, 0.2) is 48.4 Å². The molecule has 5 aromatic rings. The molecular formula is C21H15F3N8O2S. The first-order valence-corrected chi connectivity index (χ1v) is 11.5. The van der Waals surface area contributed by atoms with Crippen molar-refractivity contribution < 1.29 is 22.5 Å². The molecule has 4 aromatic heterocycles. The van der Waals surface area contributed by atoms with E-state index >= 15 is 4.39 Å². The maximum Gasteiger partial charge on any atom is 0.343 e. The monoisotopic (exact) mass is 500 g/mol. The van der Waals surface area contributed by atoms with Gasteiger partial charge in [-0.1, -0.05) is 0 Å². The molecular weight excluding hydrogens is 485 g/mol. The second-order valence-electron chi connectivity index (χ2n) is 7.28. The quantitative estimate of drug-likeness (QED) is 0.268. The summed E-state index contributed by atoms with van der Waals surface area (Å²) in [6.07, 6.45) is 6.38. The van der Waals surface area contributed by atoms with Crippen molar-refractivity contribution in [3.05, 3.63) is 54.6 Å².